The number of hydrogen-bond acceptors (Lipinski definition) is 2. The molecule has 3 fully saturated rings. The van der Waals surface area contributed by atoms with Crippen molar-refractivity contribution in [3.05, 3.63) is 60.0 Å². The maximum Gasteiger partial charge on any atom is 0.0462 e. The van der Waals surface area contributed by atoms with Crippen LogP contribution >= 0.6 is 0 Å². The predicted octanol–water partition coefficient (Wildman–Crippen LogP) is 6.47. The van der Waals surface area contributed by atoms with Crippen molar-refractivity contribution in [2.45, 2.75) is 72.1 Å². The Morgan fingerprint density at radius 3 is 2.74 bits per heavy atom. The van der Waals surface area contributed by atoms with Crippen molar-refractivity contribution < 1.29 is 10.2 Å². The number of fused-ring (bicyclic) bond motifs is 1. The lowest BCUT2D eigenvalue weighted by atomic mass is 9.41. The molecule has 5 aliphatic rings. The van der Waals surface area contributed by atoms with Gasteiger partial charge in [0.1, 0.15) is 0 Å². The SMILES string of the molecule is C=C1C=C2[C@@]3(CC[C@@H](C[C@H](CO)Cc4cc[nH]c4)C3)C[C@@H](CCO)[C@@H]3CC=C[C@@]4([C@@H]1C4(C)C)[C@@]23C. The molecule has 0 unspecified atom stereocenters. The van der Waals surface area contributed by atoms with Gasteiger partial charge in [-0.05, 0) is 103 Å². The van der Waals surface area contributed by atoms with Crippen LogP contribution in [0.4, 0.5) is 0 Å². The third kappa shape index (κ3) is 3.04. The molecule has 35 heavy (non-hydrogen) atoms. The molecule has 0 radical (unpaired) electrons. The third-order valence-corrected chi connectivity index (χ3v) is 11.9. The lowest BCUT2D eigenvalue weighted by Crippen LogP contribution is -2.55. The van der Waals surface area contributed by atoms with E-state index < -0.39 is 0 Å². The largest absolute Gasteiger partial charge is 0.396 e. The first-order valence-electron chi connectivity index (χ1n) is 14.2. The summed E-state index contributed by atoms with van der Waals surface area (Å²) in [6, 6.07) is 2.14. The average Bonchev–Trinajstić information content (AvgIpc) is 3.23. The molecule has 3 saturated carbocycles. The summed E-state index contributed by atoms with van der Waals surface area (Å²) in [6.07, 6.45) is 20.9. The van der Waals surface area contributed by atoms with Crippen molar-refractivity contribution in [3.8, 4) is 0 Å². The molecule has 0 bridgehead atoms. The number of aliphatic hydroxyl groups excluding tert-OH is 2. The second-order valence-corrected chi connectivity index (χ2v) is 13.7. The Morgan fingerprint density at radius 1 is 1.20 bits per heavy atom. The first-order valence-corrected chi connectivity index (χ1v) is 14.2. The van der Waals surface area contributed by atoms with Gasteiger partial charge in [0, 0.05) is 36.4 Å². The zero-order chi connectivity index (χ0) is 24.6. The summed E-state index contributed by atoms with van der Waals surface area (Å²) in [4.78, 5) is 3.17. The van der Waals surface area contributed by atoms with E-state index in [2.05, 4.69) is 62.8 Å². The summed E-state index contributed by atoms with van der Waals surface area (Å²) in [7, 11) is 0. The fourth-order valence-electron chi connectivity index (χ4n) is 10.8. The molecule has 3 heteroatoms. The summed E-state index contributed by atoms with van der Waals surface area (Å²) in [5, 5.41) is 20.3. The van der Waals surface area contributed by atoms with Crippen LogP contribution in [0.25, 0.3) is 0 Å². The molecule has 1 heterocycles. The molecule has 190 valence electrons. The average molecular weight is 476 g/mol. The molecule has 2 spiro atoms. The van der Waals surface area contributed by atoms with Crippen LogP contribution < -0.4 is 0 Å². The third-order valence-electron chi connectivity index (χ3n) is 11.9. The summed E-state index contributed by atoms with van der Waals surface area (Å²) in [5.41, 5.74) is 5.19. The molecule has 0 amide bonds. The highest BCUT2D eigenvalue weighted by Crippen LogP contribution is 2.88. The number of allylic oxidation sites excluding steroid dienone is 5. The normalized spacial score (nSPS) is 43.6. The number of nitrogens with one attached hydrogen (secondary N) is 1. The van der Waals surface area contributed by atoms with Gasteiger partial charge in [-0.3, -0.25) is 0 Å². The molecule has 1 aromatic heterocycles. The first kappa shape index (κ1) is 23.8. The maximum absolute atomic E-state index is 10.2. The second kappa shape index (κ2) is 7.96. The Hall–Kier alpha value is -1.58. The Morgan fingerprint density at radius 2 is 2.03 bits per heavy atom. The van der Waals surface area contributed by atoms with Crippen LogP contribution in [0, 0.1) is 51.2 Å². The lowest BCUT2D eigenvalue weighted by Gasteiger charge is -2.62. The van der Waals surface area contributed by atoms with Crippen molar-refractivity contribution in [1.29, 1.82) is 0 Å². The van der Waals surface area contributed by atoms with Crippen LogP contribution in [0.15, 0.2) is 54.4 Å². The number of hydrogen-bond donors (Lipinski definition) is 3. The lowest BCUT2D eigenvalue weighted by molar-refractivity contribution is -0.0294. The van der Waals surface area contributed by atoms with E-state index in [1.165, 1.54) is 36.8 Å². The predicted molar refractivity (Wildman–Crippen MR) is 142 cm³/mol. The molecule has 3 nitrogen and oxygen atoms in total. The van der Waals surface area contributed by atoms with Crippen molar-refractivity contribution in [2.75, 3.05) is 13.2 Å². The van der Waals surface area contributed by atoms with Crippen LogP contribution in [0.2, 0.25) is 0 Å². The fourth-order valence-corrected chi connectivity index (χ4v) is 10.8. The molecule has 0 aromatic carbocycles. The van der Waals surface area contributed by atoms with E-state index in [1.54, 1.807) is 5.57 Å². The number of rotatable bonds is 7. The Balaban J connectivity index is 1.34. The highest BCUT2D eigenvalue weighted by atomic mass is 16.3. The number of H-pyrrole nitrogens is 1. The molecular weight excluding hydrogens is 430 g/mol. The Labute approximate surface area is 211 Å². The monoisotopic (exact) mass is 475 g/mol. The van der Waals surface area contributed by atoms with E-state index in [4.69, 9.17) is 0 Å². The van der Waals surface area contributed by atoms with E-state index in [1.807, 2.05) is 6.20 Å². The zero-order valence-electron chi connectivity index (χ0n) is 22.0. The van der Waals surface area contributed by atoms with Gasteiger partial charge in [-0.25, -0.2) is 0 Å². The van der Waals surface area contributed by atoms with Gasteiger partial charge >= 0.3 is 0 Å². The van der Waals surface area contributed by atoms with E-state index >= 15 is 0 Å². The van der Waals surface area contributed by atoms with Crippen molar-refractivity contribution in [1.82, 2.24) is 4.98 Å². The molecular formula is C32H45NO2. The van der Waals surface area contributed by atoms with Crippen LogP contribution in [0.3, 0.4) is 0 Å². The van der Waals surface area contributed by atoms with E-state index in [-0.39, 0.29) is 28.3 Å². The summed E-state index contributed by atoms with van der Waals surface area (Å²) in [6.45, 7) is 12.8. The van der Waals surface area contributed by atoms with Crippen LogP contribution in [-0.2, 0) is 6.42 Å². The van der Waals surface area contributed by atoms with Gasteiger partial charge in [-0.2, -0.15) is 0 Å². The van der Waals surface area contributed by atoms with Gasteiger partial charge in [-0.1, -0.05) is 56.7 Å². The smallest absolute Gasteiger partial charge is 0.0462 e. The fraction of sp³-hybridized carbons (Fsp3) is 0.688. The summed E-state index contributed by atoms with van der Waals surface area (Å²) >= 11 is 0. The molecule has 3 N–H and O–H groups in total. The van der Waals surface area contributed by atoms with Crippen LogP contribution in [-0.4, -0.2) is 28.4 Å². The number of aliphatic hydroxyl groups is 2. The van der Waals surface area contributed by atoms with E-state index in [0.29, 0.717) is 36.2 Å². The second-order valence-electron chi connectivity index (χ2n) is 13.7. The molecule has 8 atom stereocenters. The number of aromatic nitrogens is 1. The standard InChI is InChI=1S/C32H45NO2/c1-21-14-27-30(4)26(6-5-10-32(30)28(21)29(32,2)3)25(9-13-34)18-31(27)11-7-22(17-31)15-24(20-35)16-23-8-12-33-19-23/h5,8,10,12,14,19,22,24-26,28,33-35H,1,6-7,9,11,13,15-18,20H2,2-4H3/t22-,24-,25+,26-,28-,30+,31+,32-/m0/s1. The van der Waals surface area contributed by atoms with Gasteiger partial charge < -0.3 is 15.2 Å². The van der Waals surface area contributed by atoms with Gasteiger partial charge in [0.15, 0.2) is 0 Å². The van der Waals surface area contributed by atoms with Crippen molar-refractivity contribution in [3.63, 3.8) is 0 Å². The molecule has 0 aliphatic heterocycles. The molecule has 1 aromatic rings. The minimum absolute atomic E-state index is 0.158. The topological polar surface area (TPSA) is 56.2 Å². The van der Waals surface area contributed by atoms with Gasteiger partial charge in [0.05, 0.1) is 0 Å². The Kier molecular flexibility index (Phi) is 5.41. The van der Waals surface area contributed by atoms with Crippen molar-refractivity contribution in [2.24, 2.45) is 51.2 Å². The molecule has 6 rings (SSSR count). The van der Waals surface area contributed by atoms with Gasteiger partial charge in [0.25, 0.3) is 0 Å². The van der Waals surface area contributed by atoms with Crippen molar-refractivity contribution >= 4 is 0 Å². The molecule has 5 aliphatic carbocycles. The Bertz CT molecular complexity index is 1050. The maximum atomic E-state index is 10.2. The van der Waals surface area contributed by atoms with Crippen LogP contribution in [0.5, 0.6) is 0 Å². The minimum Gasteiger partial charge on any atom is -0.396 e. The van der Waals surface area contributed by atoms with E-state index in [9.17, 15) is 10.2 Å². The van der Waals surface area contributed by atoms with Gasteiger partial charge in [-0.15, -0.1) is 0 Å². The summed E-state index contributed by atoms with van der Waals surface area (Å²) in [5.74, 6) is 2.74. The molecule has 0 saturated heterocycles. The number of aromatic amines is 1. The highest BCUT2D eigenvalue weighted by molar-refractivity contribution is 5.56. The summed E-state index contributed by atoms with van der Waals surface area (Å²) < 4.78 is 0. The minimum atomic E-state index is 0.158. The quantitative estimate of drug-likeness (QED) is 0.396. The van der Waals surface area contributed by atoms with Gasteiger partial charge in [0.2, 0.25) is 0 Å². The zero-order valence-corrected chi connectivity index (χ0v) is 22.0. The first-order chi connectivity index (χ1) is 16.7. The van der Waals surface area contributed by atoms with E-state index in [0.717, 1.165) is 25.7 Å². The van der Waals surface area contributed by atoms with Crippen LogP contribution in [0.1, 0.15) is 71.3 Å². The highest BCUT2D eigenvalue weighted by Gasteiger charge is 2.82.